The van der Waals surface area contributed by atoms with E-state index in [1.165, 1.54) is 30.4 Å². The highest BCUT2D eigenvalue weighted by atomic mass is 32.1. The largest absolute Gasteiger partial charge is 0.152 e. The third-order valence-electron chi connectivity index (χ3n) is 2.35. The van der Waals surface area contributed by atoms with Gasteiger partial charge in [0.2, 0.25) is 0 Å². The summed E-state index contributed by atoms with van der Waals surface area (Å²) in [5, 5.41) is 4.39. The minimum absolute atomic E-state index is 1.19. The Balaban J connectivity index is 1.79. The molecule has 1 aromatic heterocycles. The number of rotatable bonds is 4. The lowest BCUT2D eigenvalue weighted by molar-refractivity contribution is 0.823. The molecule has 0 N–H and O–H groups in total. The maximum Gasteiger partial charge on any atom is -0.00613 e. The molecule has 0 aliphatic heterocycles. The Kier molecular flexibility index (Phi) is 3.36. The topological polar surface area (TPSA) is 0 Å². The number of hydrogen-bond donors (Lipinski definition) is 0. The average Bonchev–Trinajstić information content (AvgIpc) is 2.72. The van der Waals surface area contributed by atoms with Crippen LogP contribution in [0.3, 0.4) is 0 Å². The minimum Gasteiger partial charge on any atom is -0.152 e. The molecular weight excluding hydrogens is 188 g/mol. The van der Waals surface area contributed by atoms with Gasteiger partial charge in [0.15, 0.2) is 0 Å². The zero-order valence-corrected chi connectivity index (χ0v) is 8.96. The molecule has 1 heterocycles. The molecule has 0 spiro atoms. The molecule has 0 saturated heterocycles. The van der Waals surface area contributed by atoms with E-state index in [1.54, 1.807) is 11.3 Å². The van der Waals surface area contributed by atoms with Crippen LogP contribution in [-0.2, 0) is 12.8 Å². The van der Waals surface area contributed by atoms with Crippen LogP contribution in [0.2, 0.25) is 0 Å². The summed E-state index contributed by atoms with van der Waals surface area (Å²) >= 11 is 1.79. The van der Waals surface area contributed by atoms with Crippen LogP contribution in [0.1, 0.15) is 17.5 Å². The third kappa shape index (κ3) is 2.71. The summed E-state index contributed by atoms with van der Waals surface area (Å²) in [6.07, 6.45) is 3.65. The predicted molar refractivity (Wildman–Crippen MR) is 62.8 cm³/mol. The molecule has 0 fully saturated rings. The van der Waals surface area contributed by atoms with Crippen molar-refractivity contribution in [2.45, 2.75) is 19.3 Å². The van der Waals surface area contributed by atoms with Crippen molar-refractivity contribution in [3.63, 3.8) is 0 Å². The van der Waals surface area contributed by atoms with Crippen molar-refractivity contribution in [3.8, 4) is 0 Å². The Morgan fingerprint density at radius 3 is 2.36 bits per heavy atom. The minimum atomic E-state index is 1.19. The van der Waals surface area contributed by atoms with Crippen molar-refractivity contribution >= 4 is 11.3 Å². The van der Waals surface area contributed by atoms with Gasteiger partial charge in [0.25, 0.3) is 0 Å². The van der Waals surface area contributed by atoms with Gasteiger partial charge < -0.3 is 0 Å². The Hall–Kier alpha value is -1.08. The zero-order valence-electron chi connectivity index (χ0n) is 8.15. The van der Waals surface area contributed by atoms with E-state index in [0.717, 1.165) is 0 Å². The second-order valence-corrected chi connectivity index (χ2v) is 4.25. The van der Waals surface area contributed by atoms with Crippen LogP contribution < -0.4 is 0 Å². The quantitative estimate of drug-likeness (QED) is 0.705. The molecule has 0 aliphatic rings. The molecule has 0 amide bonds. The van der Waals surface area contributed by atoms with Crippen LogP contribution in [0, 0.1) is 0 Å². The Labute approximate surface area is 89.2 Å². The van der Waals surface area contributed by atoms with Crippen molar-refractivity contribution in [2.24, 2.45) is 0 Å². The van der Waals surface area contributed by atoms with Crippen molar-refractivity contribution < 1.29 is 0 Å². The number of aryl methyl sites for hydroxylation is 2. The predicted octanol–water partition coefficient (Wildman–Crippen LogP) is 3.92. The van der Waals surface area contributed by atoms with Crippen LogP contribution in [0.5, 0.6) is 0 Å². The molecule has 1 heteroatoms. The Morgan fingerprint density at radius 1 is 0.857 bits per heavy atom. The fraction of sp³-hybridized carbons (Fsp3) is 0.231. The number of thiophene rings is 1. The summed E-state index contributed by atoms with van der Waals surface area (Å²) in [6.45, 7) is 0. The highest BCUT2D eigenvalue weighted by Crippen LogP contribution is 2.10. The van der Waals surface area contributed by atoms with Gasteiger partial charge >= 0.3 is 0 Å². The van der Waals surface area contributed by atoms with Gasteiger partial charge in [-0.15, -0.1) is 0 Å². The summed E-state index contributed by atoms with van der Waals surface area (Å²) in [7, 11) is 0. The molecule has 0 bridgehead atoms. The molecule has 72 valence electrons. The SMILES string of the molecule is c1ccc(CCCc2ccsc2)cc1. The van der Waals surface area contributed by atoms with Crippen molar-refractivity contribution in [1.29, 1.82) is 0 Å². The Bertz CT molecular complexity index is 348. The van der Waals surface area contributed by atoms with Crippen LogP contribution in [0.25, 0.3) is 0 Å². The van der Waals surface area contributed by atoms with E-state index in [2.05, 4.69) is 47.2 Å². The van der Waals surface area contributed by atoms with E-state index in [0.29, 0.717) is 0 Å². The van der Waals surface area contributed by atoms with Crippen LogP contribution in [0.15, 0.2) is 47.2 Å². The molecule has 0 saturated carbocycles. The van der Waals surface area contributed by atoms with Gasteiger partial charge in [0.05, 0.1) is 0 Å². The second-order valence-electron chi connectivity index (χ2n) is 3.47. The Morgan fingerprint density at radius 2 is 1.64 bits per heavy atom. The van der Waals surface area contributed by atoms with E-state index in [-0.39, 0.29) is 0 Å². The monoisotopic (exact) mass is 202 g/mol. The van der Waals surface area contributed by atoms with Gasteiger partial charge in [0, 0.05) is 0 Å². The third-order valence-corrected chi connectivity index (χ3v) is 3.09. The van der Waals surface area contributed by atoms with E-state index in [9.17, 15) is 0 Å². The molecule has 2 aromatic rings. The summed E-state index contributed by atoms with van der Waals surface area (Å²) in [6, 6.07) is 12.9. The average molecular weight is 202 g/mol. The van der Waals surface area contributed by atoms with Crippen molar-refractivity contribution in [1.82, 2.24) is 0 Å². The highest BCUT2D eigenvalue weighted by Gasteiger charge is 1.94. The van der Waals surface area contributed by atoms with E-state index < -0.39 is 0 Å². The molecule has 0 unspecified atom stereocenters. The van der Waals surface area contributed by atoms with Crippen LogP contribution >= 0.6 is 11.3 Å². The normalized spacial score (nSPS) is 10.3. The molecule has 14 heavy (non-hydrogen) atoms. The molecule has 0 aliphatic carbocycles. The fourth-order valence-electron chi connectivity index (χ4n) is 1.58. The summed E-state index contributed by atoms with van der Waals surface area (Å²) in [4.78, 5) is 0. The second kappa shape index (κ2) is 4.97. The smallest absolute Gasteiger partial charge is 0.00613 e. The summed E-state index contributed by atoms with van der Waals surface area (Å²) < 4.78 is 0. The van der Waals surface area contributed by atoms with Gasteiger partial charge in [-0.05, 0) is 47.2 Å². The van der Waals surface area contributed by atoms with Gasteiger partial charge in [0.1, 0.15) is 0 Å². The van der Waals surface area contributed by atoms with Crippen LogP contribution in [-0.4, -0.2) is 0 Å². The van der Waals surface area contributed by atoms with E-state index >= 15 is 0 Å². The fourth-order valence-corrected chi connectivity index (χ4v) is 2.28. The molecular formula is C13H14S. The van der Waals surface area contributed by atoms with E-state index in [4.69, 9.17) is 0 Å². The lowest BCUT2D eigenvalue weighted by Crippen LogP contribution is -1.87. The van der Waals surface area contributed by atoms with Crippen molar-refractivity contribution in [2.75, 3.05) is 0 Å². The van der Waals surface area contributed by atoms with Gasteiger partial charge in [-0.3, -0.25) is 0 Å². The first-order chi connectivity index (χ1) is 6.95. The van der Waals surface area contributed by atoms with E-state index in [1.807, 2.05) is 0 Å². The first-order valence-corrected chi connectivity index (χ1v) is 5.94. The lowest BCUT2D eigenvalue weighted by Gasteiger charge is -1.99. The molecule has 0 radical (unpaired) electrons. The van der Waals surface area contributed by atoms with Crippen LogP contribution in [0.4, 0.5) is 0 Å². The number of hydrogen-bond acceptors (Lipinski definition) is 1. The lowest BCUT2D eigenvalue weighted by atomic mass is 10.1. The first-order valence-electron chi connectivity index (χ1n) is 5.00. The molecule has 2 rings (SSSR count). The van der Waals surface area contributed by atoms with Gasteiger partial charge in [-0.1, -0.05) is 30.3 Å². The maximum absolute atomic E-state index is 2.24. The van der Waals surface area contributed by atoms with Gasteiger partial charge in [-0.25, -0.2) is 0 Å². The number of benzene rings is 1. The highest BCUT2D eigenvalue weighted by molar-refractivity contribution is 7.07. The first kappa shape index (κ1) is 9.47. The molecule has 0 nitrogen and oxygen atoms in total. The summed E-state index contributed by atoms with van der Waals surface area (Å²) in [5.74, 6) is 0. The molecule has 1 aromatic carbocycles. The summed E-state index contributed by atoms with van der Waals surface area (Å²) in [5.41, 5.74) is 2.92. The van der Waals surface area contributed by atoms with Crippen molar-refractivity contribution in [3.05, 3.63) is 58.3 Å². The maximum atomic E-state index is 2.24. The standard InChI is InChI=1S/C13H14S/c1-2-5-12(6-3-1)7-4-8-13-9-10-14-11-13/h1-3,5-6,9-11H,4,7-8H2. The molecule has 0 atom stereocenters. The zero-order chi connectivity index (χ0) is 9.64. The van der Waals surface area contributed by atoms with Gasteiger partial charge in [-0.2, -0.15) is 11.3 Å².